The second-order valence-corrected chi connectivity index (χ2v) is 26.6. The predicted octanol–water partition coefficient (Wildman–Crippen LogP) is 17.8. The summed E-state index contributed by atoms with van der Waals surface area (Å²) in [5, 5.41) is 3.94. The molecule has 100 heavy (non-hydrogen) atoms. The number of carbonyl (C=O) groups is 4. The van der Waals surface area contributed by atoms with Gasteiger partial charge in [0.05, 0.1) is 86.9 Å². The van der Waals surface area contributed by atoms with Crippen molar-refractivity contribution in [2.24, 2.45) is 23.7 Å². The molecule has 0 amide bonds. The van der Waals surface area contributed by atoms with Gasteiger partial charge >= 0.3 is 23.9 Å². The summed E-state index contributed by atoms with van der Waals surface area (Å²) in [6, 6.07) is 41.8. The minimum Gasteiger partial charge on any atom is -0.494 e. The first kappa shape index (κ1) is 73.2. The molecule has 2 saturated carbocycles. The number of ether oxygens (including phenoxy) is 11. The number of unbranched alkanes of at least 4 members (excludes halogenated alkanes) is 6. The van der Waals surface area contributed by atoms with E-state index >= 15 is 0 Å². The van der Waals surface area contributed by atoms with Crippen LogP contribution >= 0.6 is 0 Å². The number of rotatable bonds is 38. The van der Waals surface area contributed by atoms with Crippen LogP contribution in [0.3, 0.4) is 0 Å². The van der Waals surface area contributed by atoms with Crippen molar-refractivity contribution in [3.63, 3.8) is 0 Å². The van der Waals surface area contributed by atoms with Crippen LogP contribution in [0.2, 0.25) is 0 Å². The highest BCUT2D eigenvalue weighted by Crippen LogP contribution is 2.40. The van der Waals surface area contributed by atoms with Crippen molar-refractivity contribution in [1.29, 1.82) is 0 Å². The van der Waals surface area contributed by atoms with E-state index in [9.17, 15) is 19.2 Å². The monoisotopic (exact) mass is 1360 g/mol. The standard InChI is InChI=1S/C83H96N2O15/c1-55(2)80(86)94-43-14-10-8-12-41-91-65-28-32-67(33-29-65)99-58(7)61-23-19-59(20-24-61)53-97-70-36-38-72-73-39-37-71(98-54-60-21-25-62(26-22-60)83(89)100-68-34-30-66(31-35-68)92-42-13-9-11-15-44-95-81(87)56(3)4)52-75(73)79-78(74(72)51-70)84-76-40-27-64(50-77(76)85-79)63-17-16-18-69(49-63)93-47-45-90-46-48-96-82(88)57(5)6/h16-18,27-40,49-52,58-62H,1,3,5,8-15,19-26,41-48,53-54H2,2,4,6-7H3. The van der Waals surface area contributed by atoms with Crippen LogP contribution in [-0.4, -0.2) is 106 Å². The average Bonchev–Trinajstić information content (AvgIpc) is 0.731. The van der Waals surface area contributed by atoms with Crippen LogP contribution in [0.1, 0.15) is 130 Å². The minimum atomic E-state index is -0.440. The molecule has 0 bridgehead atoms. The molecule has 0 radical (unpaired) electrons. The third-order valence-corrected chi connectivity index (χ3v) is 18.6. The van der Waals surface area contributed by atoms with E-state index in [4.69, 9.17) is 62.1 Å². The maximum absolute atomic E-state index is 13.4. The van der Waals surface area contributed by atoms with E-state index in [2.05, 4.69) is 69.1 Å². The molecule has 1 aromatic heterocycles. The first-order valence-corrected chi connectivity index (χ1v) is 35.6. The van der Waals surface area contributed by atoms with Crippen molar-refractivity contribution in [2.75, 3.05) is 66.1 Å². The molecule has 528 valence electrons. The van der Waals surface area contributed by atoms with Gasteiger partial charge < -0.3 is 52.1 Å². The van der Waals surface area contributed by atoms with Gasteiger partial charge in [-0.05, 0) is 279 Å². The van der Waals surface area contributed by atoms with Gasteiger partial charge in [0.25, 0.3) is 0 Å². The van der Waals surface area contributed by atoms with Gasteiger partial charge in [0.1, 0.15) is 53.5 Å². The lowest BCUT2D eigenvalue weighted by Gasteiger charge is -2.32. The van der Waals surface area contributed by atoms with Gasteiger partial charge in [-0.25, -0.2) is 24.4 Å². The zero-order valence-electron chi connectivity index (χ0n) is 58.5. The van der Waals surface area contributed by atoms with E-state index in [1.165, 1.54) is 0 Å². The zero-order valence-corrected chi connectivity index (χ0v) is 58.5. The maximum Gasteiger partial charge on any atom is 0.333 e. The van der Waals surface area contributed by atoms with Crippen LogP contribution < -0.4 is 33.2 Å². The molecule has 2 fully saturated rings. The average molecular weight is 1360 g/mol. The largest absolute Gasteiger partial charge is 0.494 e. The second-order valence-electron chi connectivity index (χ2n) is 26.6. The number of esters is 4. The number of carbonyl (C=O) groups excluding carboxylic acids is 4. The predicted molar refractivity (Wildman–Crippen MR) is 390 cm³/mol. The van der Waals surface area contributed by atoms with E-state index in [0.717, 1.165) is 168 Å². The van der Waals surface area contributed by atoms with Gasteiger partial charge in [0.15, 0.2) is 0 Å². The highest BCUT2D eigenvalue weighted by Gasteiger charge is 2.30. The van der Waals surface area contributed by atoms with Crippen LogP contribution in [0.15, 0.2) is 164 Å². The van der Waals surface area contributed by atoms with Crippen molar-refractivity contribution in [3.05, 3.63) is 164 Å². The number of benzene rings is 7. The molecular weight excluding hydrogens is 1260 g/mol. The minimum absolute atomic E-state index is 0.0676. The number of fused-ring (bicyclic) bond motifs is 7. The maximum atomic E-state index is 13.4. The summed E-state index contributed by atoms with van der Waals surface area (Å²) in [4.78, 5) is 59.1. The Kier molecular flexibility index (Phi) is 27.2. The summed E-state index contributed by atoms with van der Waals surface area (Å²) in [5.41, 5.74) is 6.11. The molecule has 1 heterocycles. The fourth-order valence-corrected chi connectivity index (χ4v) is 12.7. The summed E-state index contributed by atoms with van der Waals surface area (Å²) in [6.07, 6.45) is 14.7. The third-order valence-electron chi connectivity index (χ3n) is 18.6. The van der Waals surface area contributed by atoms with E-state index in [-0.39, 0.29) is 49.1 Å². The van der Waals surface area contributed by atoms with Crippen LogP contribution in [0, 0.1) is 23.7 Å². The van der Waals surface area contributed by atoms with Crippen molar-refractivity contribution in [1.82, 2.24) is 9.97 Å². The number of hydrogen-bond donors (Lipinski definition) is 0. The molecule has 0 aliphatic heterocycles. The fourth-order valence-electron chi connectivity index (χ4n) is 12.7. The molecule has 0 spiro atoms. The molecule has 0 saturated heterocycles. The van der Waals surface area contributed by atoms with Gasteiger partial charge in [-0.3, -0.25) is 4.79 Å². The van der Waals surface area contributed by atoms with E-state index < -0.39 is 5.97 Å². The van der Waals surface area contributed by atoms with Crippen LogP contribution in [-0.2, 0) is 38.1 Å². The summed E-state index contributed by atoms with van der Waals surface area (Å²) in [5.74, 6) is 4.67. The summed E-state index contributed by atoms with van der Waals surface area (Å²) in [6.45, 7) is 22.1. The summed E-state index contributed by atoms with van der Waals surface area (Å²) in [7, 11) is 0. The van der Waals surface area contributed by atoms with Gasteiger partial charge in [-0.2, -0.15) is 0 Å². The Morgan fingerprint density at radius 2 is 0.860 bits per heavy atom. The third kappa shape index (κ3) is 21.5. The first-order chi connectivity index (χ1) is 48.6. The number of hydrogen-bond acceptors (Lipinski definition) is 17. The lowest BCUT2D eigenvalue weighted by atomic mass is 9.80. The van der Waals surface area contributed by atoms with Crippen LogP contribution in [0.25, 0.3) is 54.7 Å². The quantitative estimate of drug-likeness (QED) is 0.00673. The molecule has 17 heteroatoms. The SMILES string of the molecule is C=C(C)C(=O)OCCCCCCOc1ccc(OC(=O)C2CCC(COc3ccc4c5ccc(OCC6CCC(C(C)Oc7ccc(OCCCCCCOC(=O)C(=C)C)cc7)CC6)cc5c5nc6ccc(-c7cccc(OCCOCCOC(=O)C(=C)C)c7)cc6nc5c4c3)CC2)cc1. The Bertz CT molecular complexity index is 4090. The first-order valence-electron chi connectivity index (χ1n) is 35.6. The molecule has 8 aromatic rings. The normalized spacial score (nSPS) is 16.3. The molecule has 2 aliphatic carbocycles. The van der Waals surface area contributed by atoms with Crippen LogP contribution in [0.4, 0.5) is 0 Å². The molecular formula is C83H96N2O15. The smallest absolute Gasteiger partial charge is 0.333 e. The van der Waals surface area contributed by atoms with E-state index in [1.54, 1.807) is 32.9 Å². The molecule has 1 unspecified atom stereocenters. The Morgan fingerprint density at radius 3 is 1.41 bits per heavy atom. The number of nitrogens with zero attached hydrogens (tertiary/aromatic N) is 2. The molecule has 17 nitrogen and oxygen atoms in total. The lowest BCUT2D eigenvalue weighted by Crippen LogP contribution is -2.29. The molecule has 1 atom stereocenters. The Labute approximate surface area is 587 Å². The Hall–Kier alpha value is -9.48. The zero-order chi connectivity index (χ0) is 70.2. The second kappa shape index (κ2) is 37.1. The summed E-state index contributed by atoms with van der Waals surface area (Å²) < 4.78 is 64.8. The van der Waals surface area contributed by atoms with Gasteiger partial charge in [-0.1, -0.05) is 37.9 Å². The van der Waals surface area contributed by atoms with Crippen LogP contribution in [0.5, 0.6) is 40.2 Å². The number of aromatic nitrogens is 2. The van der Waals surface area contributed by atoms with E-state index in [0.29, 0.717) is 112 Å². The highest BCUT2D eigenvalue weighted by atomic mass is 16.6. The highest BCUT2D eigenvalue weighted by molar-refractivity contribution is 6.24. The Morgan fingerprint density at radius 1 is 0.410 bits per heavy atom. The van der Waals surface area contributed by atoms with Crippen molar-refractivity contribution < 1.29 is 71.3 Å². The van der Waals surface area contributed by atoms with Gasteiger partial charge in [0, 0.05) is 27.5 Å². The molecule has 10 rings (SSSR count). The molecule has 0 N–H and O–H groups in total. The summed E-state index contributed by atoms with van der Waals surface area (Å²) >= 11 is 0. The Balaban J connectivity index is 0.752. The van der Waals surface area contributed by atoms with Crippen molar-refractivity contribution >= 4 is 67.5 Å². The molecule has 7 aromatic carbocycles. The van der Waals surface area contributed by atoms with Crippen molar-refractivity contribution in [3.8, 4) is 51.4 Å². The lowest BCUT2D eigenvalue weighted by molar-refractivity contribution is -0.141. The topological polar surface area (TPSA) is 196 Å². The molecule has 2 aliphatic rings. The van der Waals surface area contributed by atoms with Crippen molar-refractivity contribution in [2.45, 2.75) is 137 Å². The van der Waals surface area contributed by atoms with E-state index in [1.807, 2.05) is 72.8 Å². The van der Waals surface area contributed by atoms with Gasteiger partial charge in [-0.15, -0.1) is 0 Å². The van der Waals surface area contributed by atoms with Gasteiger partial charge in [0.2, 0.25) is 0 Å². The fraction of sp³-hybridized carbons (Fsp3) is 0.422.